The van der Waals surface area contributed by atoms with Crippen molar-refractivity contribution in [3.8, 4) is 0 Å². The molecule has 0 spiro atoms. The van der Waals surface area contributed by atoms with Gasteiger partial charge in [0, 0.05) is 38.8 Å². The van der Waals surface area contributed by atoms with Crippen molar-refractivity contribution in [2.45, 2.75) is 65.0 Å². The topological polar surface area (TPSA) is 95.1 Å². The van der Waals surface area contributed by atoms with Crippen molar-refractivity contribution in [1.82, 2.24) is 20.3 Å². The van der Waals surface area contributed by atoms with Crippen LogP contribution in [-0.4, -0.2) is 83.1 Å². The largest absolute Gasteiger partial charge is 0.377 e. The lowest BCUT2D eigenvalue weighted by Crippen LogP contribution is -2.49. The Morgan fingerprint density at radius 1 is 1.20 bits per heavy atom. The SMILES string of the molecule is CCNC(=NCCS(=O)(=O)NCC1CCC1)NC1CCN(CCOC(C)C)CC1.I. The molecule has 1 saturated carbocycles. The molecule has 8 nitrogen and oxygen atoms in total. The lowest BCUT2D eigenvalue weighted by atomic mass is 9.86. The van der Waals surface area contributed by atoms with E-state index in [0.29, 0.717) is 24.5 Å². The molecule has 0 aromatic carbocycles. The smallest absolute Gasteiger partial charge is 0.213 e. The molecule has 1 aliphatic carbocycles. The molecule has 2 aliphatic rings. The lowest BCUT2D eigenvalue weighted by molar-refractivity contribution is 0.0532. The molecule has 0 bridgehead atoms. The van der Waals surface area contributed by atoms with E-state index in [0.717, 1.165) is 58.5 Å². The summed E-state index contributed by atoms with van der Waals surface area (Å²) >= 11 is 0. The fraction of sp³-hybridized carbons (Fsp3) is 0.950. The second-order valence-electron chi connectivity index (χ2n) is 8.40. The van der Waals surface area contributed by atoms with E-state index in [1.54, 1.807) is 0 Å². The quantitative estimate of drug-likeness (QED) is 0.192. The van der Waals surface area contributed by atoms with Crippen LogP contribution in [0.25, 0.3) is 0 Å². The van der Waals surface area contributed by atoms with E-state index in [1.807, 2.05) is 6.92 Å². The Balaban J connectivity index is 0.00000450. The van der Waals surface area contributed by atoms with Crippen LogP contribution in [-0.2, 0) is 14.8 Å². The van der Waals surface area contributed by atoms with Crippen LogP contribution in [0.4, 0.5) is 0 Å². The van der Waals surface area contributed by atoms with Crippen LogP contribution in [0.15, 0.2) is 4.99 Å². The maximum Gasteiger partial charge on any atom is 0.213 e. The number of guanidine groups is 1. The molecule has 0 amide bonds. The predicted octanol–water partition coefficient (Wildman–Crippen LogP) is 1.77. The summed E-state index contributed by atoms with van der Waals surface area (Å²) in [5.41, 5.74) is 0. The molecule has 2 fully saturated rings. The molecule has 0 atom stereocenters. The van der Waals surface area contributed by atoms with E-state index >= 15 is 0 Å². The van der Waals surface area contributed by atoms with Gasteiger partial charge in [-0.3, -0.25) is 4.99 Å². The second kappa shape index (κ2) is 14.8. The van der Waals surface area contributed by atoms with Gasteiger partial charge in [-0.25, -0.2) is 13.1 Å². The zero-order valence-corrected chi connectivity index (χ0v) is 22.0. The van der Waals surface area contributed by atoms with Gasteiger partial charge in [0.2, 0.25) is 10.0 Å². The normalized spacial score (nSPS) is 19.4. The van der Waals surface area contributed by atoms with Crippen molar-refractivity contribution in [2.24, 2.45) is 10.9 Å². The Labute approximate surface area is 200 Å². The molecule has 30 heavy (non-hydrogen) atoms. The number of nitrogens with zero attached hydrogens (tertiary/aromatic N) is 2. The van der Waals surface area contributed by atoms with Gasteiger partial charge in [-0.05, 0) is 52.4 Å². The van der Waals surface area contributed by atoms with Crippen LogP contribution in [0, 0.1) is 5.92 Å². The van der Waals surface area contributed by atoms with Gasteiger partial charge in [-0.15, -0.1) is 24.0 Å². The fourth-order valence-corrected chi connectivity index (χ4v) is 4.49. The molecule has 0 unspecified atom stereocenters. The number of halogens is 1. The van der Waals surface area contributed by atoms with E-state index in [9.17, 15) is 8.42 Å². The number of likely N-dealkylation sites (tertiary alicyclic amines) is 1. The molecule has 1 heterocycles. The van der Waals surface area contributed by atoms with Crippen LogP contribution in [0.1, 0.15) is 52.9 Å². The van der Waals surface area contributed by atoms with E-state index in [4.69, 9.17) is 4.74 Å². The molecular weight excluding hydrogens is 517 g/mol. The van der Waals surface area contributed by atoms with Crippen LogP contribution >= 0.6 is 24.0 Å². The number of aliphatic imine (C=N–C) groups is 1. The Hall–Kier alpha value is -0.170. The minimum Gasteiger partial charge on any atom is -0.377 e. The highest BCUT2D eigenvalue weighted by molar-refractivity contribution is 14.0. The van der Waals surface area contributed by atoms with Crippen molar-refractivity contribution in [3.05, 3.63) is 0 Å². The number of ether oxygens (including phenoxy) is 1. The van der Waals surface area contributed by atoms with Crippen molar-refractivity contribution in [1.29, 1.82) is 0 Å². The van der Waals surface area contributed by atoms with E-state index in [2.05, 4.69) is 39.1 Å². The van der Waals surface area contributed by atoms with Gasteiger partial charge >= 0.3 is 0 Å². The van der Waals surface area contributed by atoms with Gasteiger partial charge in [-0.2, -0.15) is 0 Å². The zero-order chi connectivity index (χ0) is 21.1. The van der Waals surface area contributed by atoms with Crippen LogP contribution < -0.4 is 15.4 Å². The minimum absolute atomic E-state index is 0. The summed E-state index contributed by atoms with van der Waals surface area (Å²) in [4.78, 5) is 6.92. The Morgan fingerprint density at radius 2 is 1.90 bits per heavy atom. The van der Waals surface area contributed by atoms with Gasteiger partial charge in [0.1, 0.15) is 0 Å². The lowest BCUT2D eigenvalue weighted by Gasteiger charge is -2.33. The molecule has 0 aromatic rings. The summed E-state index contributed by atoms with van der Waals surface area (Å²) in [5.74, 6) is 1.27. The summed E-state index contributed by atoms with van der Waals surface area (Å²) in [5, 5.41) is 6.70. The first-order valence-electron chi connectivity index (χ1n) is 11.2. The third kappa shape index (κ3) is 11.4. The van der Waals surface area contributed by atoms with Gasteiger partial charge in [-0.1, -0.05) is 6.42 Å². The van der Waals surface area contributed by atoms with E-state index in [1.165, 1.54) is 6.42 Å². The summed E-state index contributed by atoms with van der Waals surface area (Å²) in [7, 11) is -3.25. The Kier molecular flexibility index (Phi) is 13.8. The maximum atomic E-state index is 12.1. The molecule has 1 aliphatic heterocycles. The second-order valence-corrected chi connectivity index (χ2v) is 10.3. The number of hydrogen-bond acceptors (Lipinski definition) is 5. The number of hydrogen-bond donors (Lipinski definition) is 3. The van der Waals surface area contributed by atoms with Crippen molar-refractivity contribution in [2.75, 3.05) is 51.6 Å². The van der Waals surface area contributed by atoms with Crippen LogP contribution in [0.2, 0.25) is 0 Å². The number of piperidine rings is 1. The third-order valence-electron chi connectivity index (χ3n) is 5.58. The van der Waals surface area contributed by atoms with Gasteiger partial charge in [0.05, 0.1) is 25.0 Å². The first-order chi connectivity index (χ1) is 13.9. The van der Waals surface area contributed by atoms with Crippen LogP contribution in [0.5, 0.6) is 0 Å². The highest BCUT2D eigenvalue weighted by atomic mass is 127. The summed E-state index contributed by atoms with van der Waals surface area (Å²) in [6.07, 6.45) is 5.88. The Bertz CT molecular complexity index is 591. The van der Waals surface area contributed by atoms with Crippen molar-refractivity contribution in [3.63, 3.8) is 0 Å². The van der Waals surface area contributed by atoms with Gasteiger partial charge in [0.15, 0.2) is 5.96 Å². The molecular formula is C20H42IN5O3S. The average molecular weight is 560 g/mol. The molecule has 10 heteroatoms. The first-order valence-corrected chi connectivity index (χ1v) is 12.9. The van der Waals surface area contributed by atoms with Gasteiger partial charge < -0.3 is 20.3 Å². The van der Waals surface area contributed by atoms with Crippen LogP contribution in [0.3, 0.4) is 0 Å². The maximum absolute atomic E-state index is 12.1. The zero-order valence-electron chi connectivity index (χ0n) is 18.9. The molecule has 0 radical (unpaired) electrons. The number of rotatable bonds is 12. The summed E-state index contributed by atoms with van der Waals surface area (Å²) < 4.78 is 32.6. The van der Waals surface area contributed by atoms with Gasteiger partial charge in [0.25, 0.3) is 0 Å². The van der Waals surface area contributed by atoms with Crippen molar-refractivity contribution >= 4 is 40.0 Å². The Morgan fingerprint density at radius 3 is 2.47 bits per heavy atom. The summed E-state index contributed by atoms with van der Waals surface area (Å²) in [6, 6.07) is 0.364. The molecule has 178 valence electrons. The highest BCUT2D eigenvalue weighted by Gasteiger charge is 2.21. The molecule has 2 rings (SSSR count). The standard InChI is InChI=1S/C20H41N5O3S.HI/c1-4-21-20(22-10-15-29(26,27)23-16-18-6-5-7-18)24-19-8-11-25(12-9-19)13-14-28-17(2)3;/h17-19,23H,4-16H2,1-3H3,(H2,21,22,24);1H. The first kappa shape index (κ1) is 27.9. The fourth-order valence-electron chi connectivity index (χ4n) is 3.52. The minimum atomic E-state index is -3.25. The van der Waals surface area contributed by atoms with E-state index < -0.39 is 10.0 Å². The highest BCUT2D eigenvalue weighted by Crippen LogP contribution is 2.25. The summed E-state index contributed by atoms with van der Waals surface area (Å²) in [6.45, 7) is 11.6. The number of nitrogens with one attached hydrogen (secondary N) is 3. The van der Waals surface area contributed by atoms with E-state index in [-0.39, 0.29) is 42.4 Å². The number of sulfonamides is 1. The predicted molar refractivity (Wildman–Crippen MR) is 134 cm³/mol. The third-order valence-corrected chi connectivity index (χ3v) is 6.90. The monoisotopic (exact) mass is 559 g/mol. The molecule has 3 N–H and O–H groups in total. The molecule has 0 aromatic heterocycles. The van der Waals surface area contributed by atoms with Crippen molar-refractivity contribution < 1.29 is 13.2 Å². The average Bonchev–Trinajstić information content (AvgIpc) is 2.61. The molecule has 1 saturated heterocycles.